The molecular formula is C7H15NO4Si. The van der Waals surface area contributed by atoms with Crippen molar-refractivity contribution in [2.75, 3.05) is 7.11 Å². The summed E-state index contributed by atoms with van der Waals surface area (Å²) >= 11 is 0. The molecule has 0 aliphatic heterocycles. The highest BCUT2D eigenvalue weighted by Crippen LogP contribution is 2.01. The number of carbonyl (C=O) groups is 1. The van der Waals surface area contributed by atoms with E-state index in [2.05, 4.69) is 4.74 Å². The van der Waals surface area contributed by atoms with Crippen LogP contribution in [0.25, 0.3) is 0 Å². The monoisotopic (exact) mass is 205 g/mol. The van der Waals surface area contributed by atoms with Gasteiger partial charge in [0.05, 0.1) is 7.11 Å². The van der Waals surface area contributed by atoms with Crippen LogP contribution < -0.4 is 0 Å². The SMILES string of the molecule is COC(=O)C/C=[N+](/[O-])O[Si](C)(C)C. The van der Waals surface area contributed by atoms with Gasteiger partial charge in [-0.25, -0.2) is 0 Å². The zero-order valence-corrected chi connectivity index (χ0v) is 9.36. The lowest BCUT2D eigenvalue weighted by Gasteiger charge is -2.18. The Labute approximate surface area is 78.6 Å². The average Bonchev–Trinajstić information content (AvgIpc) is 1.97. The maximum Gasteiger partial charge on any atom is 0.315 e. The first kappa shape index (κ1) is 12.0. The van der Waals surface area contributed by atoms with E-state index >= 15 is 0 Å². The van der Waals surface area contributed by atoms with Crippen LogP contribution in [0.3, 0.4) is 0 Å². The topological polar surface area (TPSA) is 61.6 Å². The van der Waals surface area contributed by atoms with Crippen molar-refractivity contribution in [1.29, 1.82) is 0 Å². The van der Waals surface area contributed by atoms with E-state index in [1.807, 2.05) is 19.6 Å². The molecule has 0 aliphatic rings. The first-order chi connectivity index (χ1) is 5.85. The predicted octanol–water partition coefficient (Wildman–Crippen LogP) is 0.897. The molecule has 0 rings (SSSR count). The smallest absolute Gasteiger partial charge is 0.315 e. The maximum absolute atomic E-state index is 10.9. The van der Waals surface area contributed by atoms with Gasteiger partial charge in [-0.15, -0.1) is 0 Å². The van der Waals surface area contributed by atoms with E-state index in [-0.39, 0.29) is 6.42 Å². The van der Waals surface area contributed by atoms with Gasteiger partial charge in [0.2, 0.25) is 6.21 Å². The van der Waals surface area contributed by atoms with Gasteiger partial charge in [0.1, 0.15) is 6.42 Å². The van der Waals surface area contributed by atoms with E-state index in [4.69, 9.17) is 4.53 Å². The third-order valence-corrected chi connectivity index (χ3v) is 1.73. The number of ether oxygens (including phenoxy) is 1. The molecule has 13 heavy (non-hydrogen) atoms. The van der Waals surface area contributed by atoms with Gasteiger partial charge < -0.3 is 9.26 Å². The zero-order valence-electron chi connectivity index (χ0n) is 8.36. The summed E-state index contributed by atoms with van der Waals surface area (Å²) in [5.74, 6) is -0.458. The molecule has 0 bridgehead atoms. The van der Waals surface area contributed by atoms with Crippen molar-refractivity contribution in [2.45, 2.75) is 26.1 Å². The Balaban J connectivity index is 3.96. The first-order valence-electron chi connectivity index (χ1n) is 3.91. The summed E-state index contributed by atoms with van der Waals surface area (Å²) in [6, 6.07) is 0. The number of hydrogen-bond donors (Lipinski definition) is 0. The predicted molar refractivity (Wildman–Crippen MR) is 50.8 cm³/mol. The molecule has 76 valence electrons. The molecule has 5 nitrogen and oxygen atoms in total. The Morgan fingerprint density at radius 2 is 2.08 bits per heavy atom. The molecule has 0 aromatic heterocycles. The summed E-state index contributed by atoms with van der Waals surface area (Å²) in [5.41, 5.74) is 0. The van der Waals surface area contributed by atoms with Crippen LogP contribution in [0.2, 0.25) is 19.6 Å². The summed E-state index contributed by atoms with van der Waals surface area (Å²) in [5, 5.41) is 10.9. The van der Waals surface area contributed by atoms with E-state index in [1.54, 1.807) is 0 Å². The van der Waals surface area contributed by atoms with E-state index in [0.29, 0.717) is 4.90 Å². The fraction of sp³-hybridized carbons (Fsp3) is 0.714. The molecule has 0 aliphatic carbocycles. The highest BCUT2D eigenvalue weighted by molar-refractivity contribution is 6.69. The van der Waals surface area contributed by atoms with Gasteiger partial charge in [0.25, 0.3) is 0 Å². The van der Waals surface area contributed by atoms with Gasteiger partial charge in [-0.3, -0.25) is 10.0 Å². The molecule has 0 aromatic rings. The Morgan fingerprint density at radius 3 is 2.46 bits per heavy atom. The van der Waals surface area contributed by atoms with E-state index in [1.165, 1.54) is 7.11 Å². The average molecular weight is 205 g/mol. The van der Waals surface area contributed by atoms with Gasteiger partial charge >= 0.3 is 5.97 Å². The minimum atomic E-state index is -1.87. The fourth-order valence-corrected chi connectivity index (χ4v) is 1.15. The summed E-state index contributed by atoms with van der Waals surface area (Å²) in [6.45, 7) is 5.64. The van der Waals surface area contributed by atoms with Crippen LogP contribution in [0.1, 0.15) is 6.42 Å². The third kappa shape index (κ3) is 7.32. The second-order valence-corrected chi connectivity index (χ2v) is 7.86. The lowest BCUT2D eigenvalue weighted by Crippen LogP contribution is -2.30. The fourth-order valence-electron chi connectivity index (χ4n) is 0.540. The van der Waals surface area contributed by atoms with Crippen LogP contribution in [-0.4, -0.2) is 32.5 Å². The largest absolute Gasteiger partial charge is 0.469 e. The second-order valence-electron chi connectivity index (χ2n) is 3.45. The summed E-state index contributed by atoms with van der Waals surface area (Å²) in [7, 11) is -0.604. The van der Waals surface area contributed by atoms with Crippen LogP contribution in [0.4, 0.5) is 0 Å². The molecule has 0 fully saturated rings. The molecule has 6 heteroatoms. The van der Waals surface area contributed by atoms with Crippen molar-refractivity contribution in [3.8, 4) is 0 Å². The van der Waals surface area contributed by atoms with Crippen molar-refractivity contribution in [2.24, 2.45) is 0 Å². The van der Waals surface area contributed by atoms with Gasteiger partial charge in [-0.2, -0.15) is 0 Å². The van der Waals surface area contributed by atoms with Crippen LogP contribution in [0.5, 0.6) is 0 Å². The standard InChI is InChI=1S/C7H15NO4Si/c1-11-7(9)5-6-8(10)12-13(2,3)4/h6H,5H2,1-4H3/b8-6-. The molecular weight excluding hydrogens is 190 g/mol. The molecule has 0 N–H and O–H groups in total. The Morgan fingerprint density at radius 1 is 1.54 bits per heavy atom. The van der Waals surface area contributed by atoms with Gasteiger partial charge in [-0.1, -0.05) is 19.6 Å². The minimum Gasteiger partial charge on any atom is -0.469 e. The number of methoxy groups -OCH3 is 1. The molecule has 0 aromatic carbocycles. The molecule has 0 saturated carbocycles. The Bertz CT molecular complexity index is 209. The van der Waals surface area contributed by atoms with Crippen LogP contribution in [-0.2, 0) is 14.1 Å². The second kappa shape index (κ2) is 4.86. The quantitative estimate of drug-likeness (QED) is 0.225. The molecule has 0 atom stereocenters. The number of carbonyl (C=O) groups excluding carboxylic acids is 1. The summed E-state index contributed by atoms with van der Waals surface area (Å²) in [4.78, 5) is 11.0. The molecule has 0 radical (unpaired) electrons. The highest BCUT2D eigenvalue weighted by Gasteiger charge is 2.14. The van der Waals surface area contributed by atoms with Crippen LogP contribution in [0, 0.1) is 5.21 Å². The van der Waals surface area contributed by atoms with Crippen LogP contribution in [0.15, 0.2) is 0 Å². The van der Waals surface area contributed by atoms with Gasteiger partial charge in [-0.05, 0) is 0 Å². The van der Waals surface area contributed by atoms with Gasteiger partial charge in [0.15, 0.2) is 8.32 Å². The van der Waals surface area contributed by atoms with Crippen LogP contribution >= 0.6 is 0 Å². The zero-order chi connectivity index (χ0) is 10.5. The van der Waals surface area contributed by atoms with Crippen molar-refractivity contribution < 1.29 is 19.0 Å². The van der Waals surface area contributed by atoms with E-state index in [0.717, 1.165) is 6.21 Å². The van der Waals surface area contributed by atoms with Crippen molar-refractivity contribution >= 4 is 20.5 Å². The molecule has 0 saturated heterocycles. The molecule has 0 amide bonds. The lowest BCUT2D eigenvalue weighted by molar-refractivity contribution is -0.701. The van der Waals surface area contributed by atoms with Crippen molar-refractivity contribution in [1.82, 2.24) is 0 Å². The number of rotatable bonds is 4. The molecule has 0 heterocycles. The maximum atomic E-state index is 10.9. The Kier molecular flexibility index (Phi) is 4.47. The van der Waals surface area contributed by atoms with Gasteiger partial charge in [0, 0.05) is 4.90 Å². The minimum absolute atomic E-state index is 0.0650. The summed E-state index contributed by atoms with van der Waals surface area (Å²) < 4.78 is 9.34. The third-order valence-electron chi connectivity index (χ3n) is 0.999. The number of esters is 1. The Hall–Kier alpha value is -1.04. The normalized spacial score (nSPS) is 12.5. The first-order valence-corrected chi connectivity index (χ1v) is 7.31. The highest BCUT2D eigenvalue weighted by atomic mass is 28.4. The number of hydrogen-bond acceptors (Lipinski definition) is 4. The molecule has 0 unspecified atom stereocenters. The van der Waals surface area contributed by atoms with E-state index < -0.39 is 14.3 Å². The summed E-state index contributed by atoms with van der Waals surface area (Å²) in [6.07, 6.45) is 1.05. The van der Waals surface area contributed by atoms with Crippen molar-refractivity contribution in [3.05, 3.63) is 5.21 Å². The number of nitrogens with zero attached hydrogens (tertiary/aromatic N) is 1. The lowest BCUT2D eigenvalue weighted by atomic mass is 10.5. The molecule has 0 spiro atoms. The van der Waals surface area contributed by atoms with Crippen molar-refractivity contribution in [3.63, 3.8) is 0 Å². The van der Waals surface area contributed by atoms with E-state index in [9.17, 15) is 10.0 Å².